The van der Waals surface area contributed by atoms with E-state index in [4.69, 9.17) is 4.74 Å². The Hall–Kier alpha value is -0.530. The van der Waals surface area contributed by atoms with Crippen LogP contribution in [0.2, 0.25) is 0 Å². The number of hydrogen-bond acceptors (Lipinski definition) is 2. The zero-order chi connectivity index (χ0) is 22.6. The average Bonchev–Trinajstić information content (AvgIpc) is 2.84. The molecule has 0 aromatic carbocycles. The second-order valence-electron chi connectivity index (χ2n) is 11.8. The summed E-state index contributed by atoms with van der Waals surface area (Å²) in [5.74, 6) is 5.04. The van der Waals surface area contributed by atoms with Crippen molar-refractivity contribution < 1.29 is 9.53 Å². The van der Waals surface area contributed by atoms with Gasteiger partial charge < -0.3 is 4.74 Å². The molecular formula is C30H54O2. The molecule has 0 radical (unpaired) electrons. The molecule has 0 N–H and O–H groups in total. The lowest BCUT2D eigenvalue weighted by molar-refractivity contribution is -0.151. The summed E-state index contributed by atoms with van der Waals surface area (Å²) in [5, 5.41) is 0. The van der Waals surface area contributed by atoms with Gasteiger partial charge in [-0.15, -0.1) is 0 Å². The first-order valence-electron chi connectivity index (χ1n) is 14.9. The Bertz CT molecular complexity index is 491. The predicted molar refractivity (Wildman–Crippen MR) is 136 cm³/mol. The van der Waals surface area contributed by atoms with E-state index in [0.29, 0.717) is 6.42 Å². The smallest absolute Gasteiger partial charge is 0.306 e. The lowest BCUT2D eigenvalue weighted by atomic mass is 9.65. The zero-order valence-electron chi connectivity index (χ0n) is 21.6. The predicted octanol–water partition coefficient (Wildman–Crippen LogP) is 9.25. The maximum absolute atomic E-state index is 11.9. The Balaban J connectivity index is 1.26. The van der Waals surface area contributed by atoms with Crippen LogP contribution >= 0.6 is 0 Å². The summed E-state index contributed by atoms with van der Waals surface area (Å²) < 4.78 is 5.74. The first-order valence-corrected chi connectivity index (χ1v) is 14.9. The molecule has 0 amide bonds. The van der Waals surface area contributed by atoms with Crippen molar-refractivity contribution in [3.8, 4) is 0 Å². The van der Waals surface area contributed by atoms with E-state index < -0.39 is 0 Å². The molecule has 0 heterocycles. The molecule has 0 spiro atoms. The molecule has 3 aliphatic carbocycles. The molecule has 32 heavy (non-hydrogen) atoms. The summed E-state index contributed by atoms with van der Waals surface area (Å²) in [7, 11) is 0. The summed E-state index contributed by atoms with van der Waals surface area (Å²) in [6.07, 6.45) is 28.5. The van der Waals surface area contributed by atoms with E-state index in [1.165, 1.54) is 103 Å². The summed E-state index contributed by atoms with van der Waals surface area (Å²) in [6, 6.07) is 0. The van der Waals surface area contributed by atoms with E-state index in [9.17, 15) is 4.79 Å². The van der Waals surface area contributed by atoms with Crippen molar-refractivity contribution in [2.75, 3.05) is 0 Å². The molecule has 2 nitrogen and oxygen atoms in total. The Morgan fingerprint density at radius 2 is 1.06 bits per heavy atom. The summed E-state index contributed by atoms with van der Waals surface area (Å²) >= 11 is 0. The monoisotopic (exact) mass is 446 g/mol. The van der Waals surface area contributed by atoms with Gasteiger partial charge in [0.2, 0.25) is 0 Å². The van der Waals surface area contributed by atoms with Crippen LogP contribution in [0, 0.1) is 29.6 Å². The molecule has 186 valence electrons. The van der Waals surface area contributed by atoms with E-state index in [-0.39, 0.29) is 12.1 Å². The van der Waals surface area contributed by atoms with Crippen molar-refractivity contribution in [1.29, 1.82) is 0 Å². The molecule has 3 rings (SSSR count). The minimum atomic E-state index is 0.0435. The van der Waals surface area contributed by atoms with Crippen LogP contribution in [-0.4, -0.2) is 12.1 Å². The minimum Gasteiger partial charge on any atom is -0.462 e. The summed E-state index contributed by atoms with van der Waals surface area (Å²) in [5.41, 5.74) is 0. The van der Waals surface area contributed by atoms with Crippen LogP contribution in [0.5, 0.6) is 0 Å². The highest BCUT2D eigenvalue weighted by molar-refractivity contribution is 5.69. The van der Waals surface area contributed by atoms with Crippen molar-refractivity contribution in [1.82, 2.24) is 0 Å². The zero-order valence-corrected chi connectivity index (χ0v) is 21.6. The number of hydrogen-bond donors (Lipinski definition) is 0. The highest BCUT2D eigenvalue weighted by Crippen LogP contribution is 2.46. The van der Waals surface area contributed by atoms with Crippen LogP contribution in [0.1, 0.15) is 149 Å². The van der Waals surface area contributed by atoms with Crippen molar-refractivity contribution in [2.24, 2.45) is 29.6 Å². The lowest BCUT2D eigenvalue weighted by Gasteiger charge is -2.41. The number of rotatable bonds is 12. The first kappa shape index (κ1) is 26.1. The normalized spacial score (nSPS) is 33.7. The molecule has 2 heteroatoms. The highest BCUT2D eigenvalue weighted by Gasteiger charge is 2.35. The molecule has 0 atom stereocenters. The van der Waals surface area contributed by atoms with E-state index >= 15 is 0 Å². The van der Waals surface area contributed by atoms with Crippen molar-refractivity contribution >= 4 is 5.97 Å². The van der Waals surface area contributed by atoms with Crippen LogP contribution in [-0.2, 0) is 9.53 Å². The van der Waals surface area contributed by atoms with Gasteiger partial charge in [0.1, 0.15) is 6.10 Å². The fourth-order valence-electron chi connectivity index (χ4n) is 7.32. The third-order valence-corrected chi connectivity index (χ3v) is 9.51. The molecular weight excluding hydrogens is 392 g/mol. The maximum Gasteiger partial charge on any atom is 0.306 e. The molecule has 3 fully saturated rings. The summed E-state index contributed by atoms with van der Waals surface area (Å²) in [6.45, 7) is 4.45. The lowest BCUT2D eigenvalue weighted by Crippen LogP contribution is -2.31. The SMILES string of the molecule is CCCCCCCC1CCC(C2CCC(C3CCC(OC(=O)CCCC)CC3)CC2)CC1. The Labute approximate surface area is 200 Å². The number of carbonyl (C=O) groups excluding carboxylic acids is 1. The topological polar surface area (TPSA) is 26.3 Å². The number of unbranched alkanes of at least 4 members (excludes halogenated alkanes) is 5. The van der Waals surface area contributed by atoms with Gasteiger partial charge in [-0.3, -0.25) is 4.79 Å². The van der Waals surface area contributed by atoms with Crippen molar-refractivity contribution in [3.63, 3.8) is 0 Å². The highest BCUT2D eigenvalue weighted by atomic mass is 16.5. The quantitative estimate of drug-likeness (QED) is 0.220. The Morgan fingerprint density at radius 3 is 1.59 bits per heavy atom. The third kappa shape index (κ3) is 8.68. The van der Waals surface area contributed by atoms with Gasteiger partial charge in [-0.2, -0.15) is 0 Å². The molecule has 3 aliphatic rings. The Morgan fingerprint density at radius 1 is 0.594 bits per heavy atom. The standard InChI is InChI=1S/C30H54O2/c1-3-5-7-8-9-10-24-12-14-25(15-13-24)26-16-18-27(19-17-26)28-20-22-29(23-21-28)32-30(31)11-6-4-2/h24-29H,3-23H2,1-2H3. The maximum atomic E-state index is 11.9. The first-order chi connectivity index (χ1) is 15.7. The van der Waals surface area contributed by atoms with Gasteiger partial charge in [-0.25, -0.2) is 0 Å². The molecule has 0 unspecified atom stereocenters. The molecule has 3 saturated carbocycles. The van der Waals surface area contributed by atoms with E-state index in [1.807, 2.05) is 0 Å². The largest absolute Gasteiger partial charge is 0.462 e. The van der Waals surface area contributed by atoms with Gasteiger partial charge in [0.05, 0.1) is 0 Å². The number of esters is 1. The molecule has 0 aromatic rings. The van der Waals surface area contributed by atoms with Crippen LogP contribution in [0.4, 0.5) is 0 Å². The average molecular weight is 447 g/mol. The van der Waals surface area contributed by atoms with Gasteiger partial charge >= 0.3 is 5.97 Å². The molecule has 0 aromatic heterocycles. The van der Waals surface area contributed by atoms with Gasteiger partial charge in [-0.1, -0.05) is 71.6 Å². The second kappa shape index (κ2) is 14.7. The fraction of sp³-hybridized carbons (Fsp3) is 0.967. The van der Waals surface area contributed by atoms with Crippen LogP contribution in [0.3, 0.4) is 0 Å². The Kier molecular flexibility index (Phi) is 12.0. The second-order valence-corrected chi connectivity index (χ2v) is 11.8. The number of carbonyl (C=O) groups is 1. The van der Waals surface area contributed by atoms with E-state index in [1.54, 1.807) is 0 Å². The fourth-order valence-corrected chi connectivity index (χ4v) is 7.32. The van der Waals surface area contributed by atoms with Gasteiger partial charge in [0.15, 0.2) is 0 Å². The van der Waals surface area contributed by atoms with Crippen LogP contribution in [0.25, 0.3) is 0 Å². The van der Waals surface area contributed by atoms with Crippen molar-refractivity contribution in [2.45, 2.75) is 155 Å². The van der Waals surface area contributed by atoms with Gasteiger partial charge in [0, 0.05) is 6.42 Å². The van der Waals surface area contributed by atoms with Gasteiger partial charge in [-0.05, 0) is 100 Å². The van der Waals surface area contributed by atoms with Crippen LogP contribution < -0.4 is 0 Å². The van der Waals surface area contributed by atoms with Gasteiger partial charge in [0.25, 0.3) is 0 Å². The van der Waals surface area contributed by atoms with E-state index in [2.05, 4.69) is 13.8 Å². The molecule has 0 bridgehead atoms. The summed E-state index contributed by atoms with van der Waals surface area (Å²) in [4.78, 5) is 11.9. The molecule has 0 aliphatic heterocycles. The van der Waals surface area contributed by atoms with Crippen LogP contribution in [0.15, 0.2) is 0 Å². The molecule has 0 saturated heterocycles. The van der Waals surface area contributed by atoms with Crippen molar-refractivity contribution in [3.05, 3.63) is 0 Å². The number of ether oxygens (including phenoxy) is 1. The minimum absolute atomic E-state index is 0.0435. The third-order valence-electron chi connectivity index (χ3n) is 9.51. The van der Waals surface area contributed by atoms with E-state index in [0.717, 1.165) is 55.3 Å².